The fourth-order valence-electron chi connectivity index (χ4n) is 3.76. The van der Waals surface area contributed by atoms with Gasteiger partial charge >= 0.3 is 0 Å². The molecule has 5 rings (SSSR count). The molecule has 4 heterocycles. The number of anilines is 1. The van der Waals surface area contributed by atoms with Crippen LogP contribution in [0.3, 0.4) is 0 Å². The zero-order valence-electron chi connectivity index (χ0n) is 17.2. The highest BCUT2D eigenvalue weighted by Crippen LogP contribution is 2.21. The number of hydrogen-bond acceptors (Lipinski definition) is 6. The molecule has 3 aromatic heterocycles. The van der Waals surface area contributed by atoms with Crippen LogP contribution in [0.1, 0.15) is 10.5 Å². The molecule has 156 valence electrons. The van der Waals surface area contributed by atoms with Crippen LogP contribution in [0, 0.1) is 0 Å². The van der Waals surface area contributed by atoms with Crippen molar-refractivity contribution in [2.24, 2.45) is 7.05 Å². The number of carbonyl (C=O) groups is 1. The van der Waals surface area contributed by atoms with E-state index in [1.807, 2.05) is 65.2 Å². The molecule has 0 bridgehead atoms. The van der Waals surface area contributed by atoms with Gasteiger partial charge in [-0.1, -0.05) is 30.3 Å². The third kappa shape index (κ3) is 3.77. The molecule has 1 amide bonds. The van der Waals surface area contributed by atoms with E-state index in [0.29, 0.717) is 31.9 Å². The number of piperazine rings is 1. The Morgan fingerprint density at radius 2 is 1.74 bits per heavy atom. The minimum Gasteiger partial charge on any atom is -0.353 e. The lowest BCUT2D eigenvalue weighted by molar-refractivity contribution is 0.0735. The molecule has 1 aliphatic heterocycles. The van der Waals surface area contributed by atoms with Crippen molar-refractivity contribution in [1.82, 2.24) is 34.2 Å². The van der Waals surface area contributed by atoms with Crippen molar-refractivity contribution in [3.8, 4) is 17.1 Å². The molecule has 0 saturated carbocycles. The summed E-state index contributed by atoms with van der Waals surface area (Å²) in [5.41, 5.74) is 2.40. The van der Waals surface area contributed by atoms with Gasteiger partial charge in [-0.25, -0.2) is 15.0 Å². The predicted octanol–water partition coefficient (Wildman–Crippen LogP) is 2.03. The van der Waals surface area contributed by atoms with Crippen LogP contribution in [-0.2, 0) is 7.05 Å². The first kappa shape index (κ1) is 19.0. The van der Waals surface area contributed by atoms with Crippen molar-refractivity contribution >= 4 is 11.7 Å². The quantitative estimate of drug-likeness (QED) is 0.508. The minimum atomic E-state index is -0.00127. The van der Waals surface area contributed by atoms with Crippen molar-refractivity contribution in [2.45, 2.75) is 0 Å². The molecule has 1 aromatic carbocycles. The first-order valence-corrected chi connectivity index (χ1v) is 10.1. The van der Waals surface area contributed by atoms with E-state index in [1.165, 1.54) is 0 Å². The highest BCUT2D eigenvalue weighted by Gasteiger charge is 2.25. The highest BCUT2D eigenvalue weighted by atomic mass is 16.2. The number of nitrogens with zero attached hydrogens (tertiary/aromatic N) is 8. The van der Waals surface area contributed by atoms with Crippen LogP contribution in [0.2, 0.25) is 0 Å². The van der Waals surface area contributed by atoms with Crippen molar-refractivity contribution in [3.05, 3.63) is 73.2 Å². The van der Waals surface area contributed by atoms with E-state index in [9.17, 15) is 4.79 Å². The van der Waals surface area contributed by atoms with Crippen LogP contribution in [0.15, 0.2) is 67.5 Å². The maximum absolute atomic E-state index is 13.1. The van der Waals surface area contributed by atoms with Gasteiger partial charge < -0.3 is 9.80 Å². The lowest BCUT2D eigenvalue weighted by Crippen LogP contribution is -2.49. The maximum atomic E-state index is 13.1. The molecule has 0 aliphatic carbocycles. The Morgan fingerprint density at radius 1 is 0.968 bits per heavy atom. The average Bonchev–Trinajstić information content (AvgIpc) is 3.50. The SMILES string of the molecule is Cn1nc(-c2ccccc2)cc1C(=O)N1CCN(c2cc(-n3ccnc3)ncn2)CC1. The molecule has 4 aromatic rings. The molecular formula is C22H22N8O. The molecule has 0 spiro atoms. The van der Waals surface area contributed by atoms with Crippen LogP contribution in [0.5, 0.6) is 0 Å². The summed E-state index contributed by atoms with van der Waals surface area (Å²) in [6.45, 7) is 2.65. The standard InChI is InChI=1S/C22H22N8O/c1-27-19(13-18(26-27)17-5-3-2-4-6-17)22(31)29-11-9-28(10-12-29)20-14-21(25-15-24-20)30-8-7-23-16-30/h2-8,13-16H,9-12H2,1H3. The van der Waals surface area contributed by atoms with E-state index >= 15 is 0 Å². The highest BCUT2D eigenvalue weighted by molar-refractivity contribution is 5.94. The number of benzene rings is 1. The number of hydrogen-bond donors (Lipinski definition) is 0. The van der Waals surface area contributed by atoms with Gasteiger partial charge in [0, 0.05) is 57.3 Å². The van der Waals surface area contributed by atoms with Gasteiger partial charge in [-0.15, -0.1) is 0 Å². The summed E-state index contributed by atoms with van der Waals surface area (Å²) in [4.78, 5) is 30.0. The molecule has 0 unspecified atom stereocenters. The molecule has 1 saturated heterocycles. The molecule has 1 fully saturated rings. The van der Waals surface area contributed by atoms with E-state index in [1.54, 1.807) is 23.5 Å². The smallest absolute Gasteiger partial charge is 0.272 e. The van der Waals surface area contributed by atoms with Gasteiger partial charge in [-0.05, 0) is 6.07 Å². The van der Waals surface area contributed by atoms with Crippen LogP contribution < -0.4 is 4.90 Å². The second kappa shape index (κ2) is 8.02. The lowest BCUT2D eigenvalue weighted by Gasteiger charge is -2.35. The molecule has 1 aliphatic rings. The fourth-order valence-corrected chi connectivity index (χ4v) is 3.76. The monoisotopic (exact) mass is 414 g/mol. The van der Waals surface area contributed by atoms with Crippen molar-refractivity contribution in [3.63, 3.8) is 0 Å². The summed E-state index contributed by atoms with van der Waals surface area (Å²) in [6.07, 6.45) is 6.83. The summed E-state index contributed by atoms with van der Waals surface area (Å²) in [6, 6.07) is 13.7. The number of aryl methyl sites for hydroxylation is 1. The molecule has 9 heteroatoms. The number of aromatic nitrogens is 6. The first-order chi connectivity index (χ1) is 15.2. The van der Waals surface area contributed by atoms with E-state index in [4.69, 9.17) is 0 Å². The van der Waals surface area contributed by atoms with E-state index in [0.717, 1.165) is 22.9 Å². The van der Waals surface area contributed by atoms with Crippen LogP contribution in [0.4, 0.5) is 5.82 Å². The normalized spacial score (nSPS) is 14.1. The summed E-state index contributed by atoms with van der Waals surface area (Å²) in [7, 11) is 1.81. The second-order valence-corrected chi connectivity index (χ2v) is 7.39. The van der Waals surface area contributed by atoms with Crippen LogP contribution >= 0.6 is 0 Å². The summed E-state index contributed by atoms with van der Waals surface area (Å²) in [5.74, 6) is 1.61. The summed E-state index contributed by atoms with van der Waals surface area (Å²) < 4.78 is 3.51. The average molecular weight is 414 g/mol. The number of rotatable bonds is 4. The third-order valence-corrected chi connectivity index (χ3v) is 5.47. The largest absolute Gasteiger partial charge is 0.353 e. The topological polar surface area (TPSA) is 85.0 Å². The first-order valence-electron chi connectivity index (χ1n) is 10.1. The van der Waals surface area contributed by atoms with Gasteiger partial charge in [-0.3, -0.25) is 14.0 Å². The Balaban J connectivity index is 1.28. The zero-order valence-corrected chi connectivity index (χ0v) is 17.2. The molecule has 0 radical (unpaired) electrons. The van der Waals surface area contributed by atoms with Crippen molar-refractivity contribution < 1.29 is 4.79 Å². The summed E-state index contributed by atoms with van der Waals surface area (Å²) >= 11 is 0. The van der Waals surface area contributed by atoms with Gasteiger partial charge in [-0.2, -0.15) is 5.10 Å². The Hall–Kier alpha value is -4.01. The third-order valence-electron chi connectivity index (χ3n) is 5.47. The van der Waals surface area contributed by atoms with Crippen LogP contribution in [-0.4, -0.2) is 66.3 Å². The van der Waals surface area contributed by atoms with Crippen molar-refractivity contribution in [2.75, 3.05) is 31.1 Å². The Morgan fingerprint density at radius 3 is 2.48 bits per heavy atom. The van der Waals surface area contributed by atoms with E-state index < -0.39 is 0 Å². The van der Waals surface area contributed by atoms with E-state index in [2.05, 4.69) is 25.0 Å². The van der Waals surface area contributed by atoms with E-state index in [-0.39, 0.29) is 5.91 Å². The zero-order chi connectivity index (χ0) is 21.2. The lowest BCUT2D eigenvalue weighted by atomic mass is 10.1. The molecule has 9 nitrogen and oxygen atoms in total. The van der Waals surface area contributed by atoms with Crippen molar-refractivity contribution in [1.29, 1.82) is 0 Å². The summed E-state index contributed by atoms with van der Waals surface area (Å²) in [5, 5.41) is 4.53. The Labute approximate surface area is 179 Å². The number of imidazole rings is 1. The molecule has 0 N–H and O–H groups in total. The Kier molecular flexibility index (Phi) is 4.91. The fraction of sp³-hybridized carbons (Fsp3) is 0.227. The van der Waals surface area contributed by atoms with Gasteiger partial charge in [0.05, 0.1) is 5.69 Å². The van der Waals surface area contributed by atoms with Gasteiger partial charge in [0.2, 0.25) is 0 Å². The maximum Gasteiger partial charge on any atom is 0.272 e. The van der Waals surface area contributed by atoms with Gasteiger partial charge in [0.15, 0.2) is 0 Å². The van der Waals surface area contributed by atoms with Crippen LogP contribution in [0.25, 0.3) is 17.1 Å². The minimum absolute atomic E-state index is 0.00127. The van der Waals surface area contributed by atoms with Gasteiger partial charge in [0.1, 0.15) is 30.0 Å². The molecular weight excluding hydrogens is 392 g/mol. The number of carbonyl (C=O) groups excluding carboxylic acids is 1. The predicted molar refractivity (Wildman–Crippen MR) is 116 cm³/mol. The molecule has 31 heavy (non-hydrogen) atoms. The molecule has 0 atom stereocenters. The Bertz CT molecular complexity index is 1180. The second-order valence-electron chi connectivity index (χ2n) is 7.39. The number of amides is 1. The van der Waals surface area contributed by atoms with Gasteiger partial charge in [0.25, 0.3) is 5.91 Å².